The first kappa shape index (κ1) is 17.4. The Morgan fingerprint density at radius 1 is 1.11 bits per heavy atom. The van der Waals surface area contributed by atoms with E-state index in [4.69, 9.17) is 9.90 Å². The van der Waals surface area contributed by atoms with Crippen LogP contribution in [0.5, 0.6) is 0 Å². The van der Waals surface area contributed by atoms with Gasteiger partial charge < -0.3 is 19.1 Å². The average Bonchev–Trinajstić information content (AvgIpc) is 2.46. The van der Waals surface area contributed by atoms with E-state index in [1.807, 2.05) is 0 Å². The third-order valence-electron chi connectivity index (χ3n) is 3.54. The zero-order valence-corrected chi connectivity index (χ0v) is 12.4. The van der Waals surface area contributed by atoms with Crippen molar-refractivity contribution in [3.8, 4) is 0 Å². The van der Waals surface area contributed by atoms with Crippen molar-refractivity contribution in [1.29, 1.82) is 0 Å². The molecule has 0 aromatic heterocycles. The van der Waals surface area contributed by atoms with Crippen molar-refractivity contribution >= 4 is 6.16 Å². The third kappa shape index (κ3) is 6.82. The Kier molecular flexibility index (Phi) is 8.62. The monoisotopic (exact) mass is 267 g/mol. The summed E-state index contributed by atoms with van der Waals surface area (Å²) in [7, 11) is 1.04. The number of hydrogen-bond donors (Lipinski definition) is 0. The van der Waals surface area contributed by atoms with Crippen molar-refractivity contribution in [2.75, 3.05) is 26.7 Å². The Morgan fingerprint density at radius 3 is 1.84 bits per heavy atom. The lowest BCUT2D eigenvalue weighted by Gasteiger charge is -2.35. The Morgan fingerprint density at radius 2 is 1.53 bits per heavy atom. The van der Waals surface area contributed by atoms with Gasteiger partial charge in [-0.2, -0.15) is 0 Å². The quantitative estimate of drug-likeness (QED) is 0.606. The molecule has 19 heavy (non-hydrogen) atoms. The Hall–Kier alpha value is -1.55. The highest BCUT2D eigenvalue weighted by Crippen LogP contribution is 2.13. The van der Waals surface area contributed by atoms with Crippen LogP contribution in [0.1, 0.15) is 26.3 Å². The number of nitrogens with zero attached hydrogens (tertiary/aromatic N) is 1. The molecule has 0 amide bonds. The molecule has 0 heterocycles. The fourth-order valence-corrected chi connectivity index (χ4v) is 1.98. The van der Waals surface area contributed by atoms with Gasteiger partial charge >= 0.3 is 0 Å². The first-order valence-electron chi connectivity index (χ1n) is 6.67. The van der Waals surface area contributed by atoms with Gasteiger partial charge in [-0.05, 0) is 20.8 Å². The van der Waals surface area contributed by atoms with E-state index >= 15 is 0 Å². The summed E-state index contributed by atoms with van der Waals surface area (Å²) in [5.41, 5.74) is 1.46. The molecule has 0 aliphatic heterocycles. The molecular formula is C15H25NO3. The molecule has 0 aliphatic carbocycles. The second kappa shape index (κ2) is 9.39. The number of quaternary nitrogens is 1. The molecule has 108 valence electrons. The molecule has 0 saturated heterocycles. The van der Waals surface area contributed by atoms with Gasteiger partial charge in [-0.1, -0.05) is 30.3 Å². The van der Waals surface area contributed by atoms with E-state index in [0.717, 1.165) is 7.11 Å². The highest BCUT2D eigenvalue weighted by Gasteiger charge is 2.20. The predicted molar refractivity (Wildman–Crippen MR) is 74.4 cm³/mol. The molecule has 0 radical (unpaired) electrons. The van der Waals surface area contributed by atoms with Gasteiger partial charge in [-0.15, -0.1) is 0 Å². The maximum atomic E-state index is 9.03. The SMILES string of the molecule is CC[N+](CC)(CC)Cc1ccccc1.COC(=O)[O-]. The molecule has 1 aromatic rings. The van der Waals surface area contributed by atoms with Crippen LogP contribution in [0.25, 0.3) is 0 Å². The Labute approximate surface area is 116 Å². The standard InChI is InChI=1S/C13H22N.C2H4O3/c1-4-14(5-2,6-3)12-13-10-8-7-9-11-13;1-5-2(3)4/h7-11H,4-6,12H2,1-3H3;1H3,(H,3,4)/q+1;/p-1. The second-order valence-corrected chi connectivity index (χ2v) is 4.39. The number of carbonyl (C=O) groups excluding carboxylic acids is 1. The molecule has 1 aromatic carbocycles. The van der Waals surface area contributed by atoms with Gasteiger partial charge in [0.05, 0.1) is 19.6 Å². The van der Waals surface area contributed by atoms with Crippen molar-refractivity contribution in [1.82, 2.24) is 0 Å². The molecule has 4 heteroatoms. The van der Waals surface area contributed by atoms with Crippen LogP contribution < -0.4 is 5.11 Å². The van der Waals surface area contributed by atoms with E-state index in [1.54, 1.807) is 0 Å². The number of hydrogen-bond acceptors (Lipinski definition) is 3. The van der Waals surface area contributed by atoms with Crippen LogP contribution in [0, 0.1) is 0 Å². The van der Waals surface area contributed by atoms with Crippen molar-refractivity contribution in [2.45, 2.75) is 27.3 Å². The minimum Gasteiger partial charge on any atom is -0.553 e. The molecule has 0 bridgehead atoms. The minimum atomic E-state index is -1.50. The number of carbonyl (C=O) groups is 1. The summed E-state index contributed by atoms with van der Waals surface area (Å²) in [6.45, 7) is 11.7. The van der Waals surface area contributed by atoms with E-state index in [1.165, 1.54) is 36.2 Å². The highest BCUT2D eigenvalue weighted by molar-refractivity contribution is 5.53. The normalized spacial score (nSPS) is 10.3. The maximum absolute atomic E-state index is 9.03. The van der Waals surface area contributed by atoms with Crippen LogP contribution >= 0.6 is 0 Å². The minimum absolute atomic E-state index is 1.04. The number of benzene rings is 1. The van der Waals surface area contributed by atoms with Crippen molar-refractivity contribution in [3.05, 3.63) is 35.9 Å². The zero-order chi connectivity index (χ0) is 14.7. The predicted octanol–water partition coefficient (Wildman–Crippen LogP) is 2.04. The molecule has 0 N–H and O–H groups in total. The van der Waals surface area contributed by atoms with Crippen molar-refractivity contribution in [2.24, 2.45) is 0 Å². The van der Waals surface area contributed by atoms with Crippen molar-refractivity contribution in [3.63, 3.8) is 0 Å². The second-order valence-electron chi connectivity index (χ2n) is 4.39. The van der Waals surface area contributed by atoms with Crippen LogP contribution in [-0.2, 0) is 11.3 Å². The van der Waals surface area contributed by atoms with E-state index in [0.29, 0.717) is 0 Å². The molecule has 0 atom stereocenters. The van der Waals surface area contributed by atoms with Gasteiger partial charge in [-0.3, -0.25) is 0 Å². The van der Waals surface area contributed by atoms with Gasteiger partial charge in [0.25, 0.3) is 6.16 Å². The first-order chi connectivity index (χ1) is 9.03. The summed E-state index contributed by atoms with van der Waals surface area (Å²) in [5.74, 6) is 0. The number of carboxylic acid groups (broad SMARTS) is 1. The van der Waals surface area contributed by atoms with E-state index < -0.39 is 6.16 Å². The van der Waals surface area contributed by atoms with Crippen LogP contribution in [0.15, 0.2) is 30.3 Å². The molecular weight excluding hydrogens is 242 g/mol. The summed E-state index contributed by atoms with van der Waals surface area (Å²) in [4.78, 5) is 9.03. The molecule has 0 spiro atoms. The first-order valence-corrected chi connectivity index (χ1v) is 6.67. The molecule has 0 unspecified atom stereocenters. The Bertz CT molecular complexity index is 339. The van der Waals surface area contributed by atoms with Gasteiger partial charge in [0.1, 0.15) is 6.54 Å². The van der Waals surface area contributed by atoms with Crippen molar-refractivity contribution < 1.29 is 19.1 Å². The lowest BCUT2D eigenvalue weighted by atomic mass is 10.2. The fraction of sp³-hybridized carbons (Fsp3) is 0.533. The Balaban J connectivity index is 0.000000555. The van der Waals surface area contributed by atoms with Gasteiger partial charge in [0, 0.05) is 12.7 Å². The highest BCUT2D eigenvalue weighted by atomic mass is 16.6. The zero-order valence-electron chi connectivity index (χ0n) is 12.4. The lowest BCUT2D eigenvalue weighted by Crippen LogP contribution is -2.46. The summed E-state index contributed by atoms with van der Waals surface area (Å²) in [6.07, 6.45) is -1.50. The number of ether oxygens (including phenoxy) is 1. The summed E-state index contributed by atoms with van der Waals surface area (Å²) in [6, 6.07) is 10.8. The van der Waals surface area contributed by atoms with E-state index in [-0.39, 0.29) is 0 Å². The molecule has 1 rings (SSSR count). The largest absolute Gasteiger partial charge is 0.553 e. The summed E-state index contributed by atoms with van der Waals surface area (Å²) in [5, 5.41) is 9.03. The van der Waals surface area contributed by atoms with Crippen LogP contribution in [0.3, 0.4) is 0 Å². The average molecular weight is 267 g/mol. The van der Waals surface area contributed by atoms with Gasteiger partial charge in [-0.25, -0.2) is 0 Å². The molecule has 0 saturated carbocycles. The van der Waals surface area contributed by atoms with E-state index in [2.05, 4.69) is 55.8 Å². The molecule has 4 nitrogen and oxygen atoms in total. The molecule has 0 aliphatic rings. The molecule has 0 fully saturated rings. The maximum Gasteiger partial charge on any atom is 0.251 e. The fourth-order valence-electron chi connectivity index (χ4n) is 1.98. The topological polar surface area (TPSA) is 49.4 Å². The van der Waals surface area contributed by atoms with Crippen LogP contribution in [-0.4, -0.2) is 37.4 Å². The van der Waals surface area contributed by atoms with Crippen LogP contribution in [0.2, 0.25) is 0 Å². The summed E-state index contributed by atoms with van der Waals surface area (Å²) < 4.78 is 4.75. The van der Waals surface area contributed by atoms with Crippen LogP contribution in [0.4, 0.5) is 4.79 Å². The number of methoxy groups -OCH3 is 1. The summed E-state index contributed by atoms with van der Waals surface area (Å²) >= 11 is 0. The number of rotatable bonds is 5. The van der Waals surface area contributed by atoms with Gasteiger partial charge in [0.15, 0.2) is 0 Å². The smallest absolute Gasteiger partial charge is 0.251 e. The lowest BCUT2D eigenvalue weighted by molar-refractivity contribution is -0.936. The third-order valence-corrected chi connectivity index (χ3v) is 3.54. The van der Waals surface area contributed by atoms with Gasteiger partial charge in [0.2, 0.25) is 0 Å². The van der Waals surface area contributed by atoms with E-state index in [9.17, 15) is 0 Å².